The van der Waals surface area contributed by atoms with Crippen LogP contribution in [-0.4, -0.2) is 10.9 Å². The first-order chi connectivity index (χ1) is 11.2. The predicted octanol–water partition coefficient (Wildman–Crippen LogP) is 3.29. The SMILES string of the molecule is Cc1ccc(CNC(=O)C(C#N)=Cc2ccc3cc[nH]c3c2)o1. The second-order valence-electron chi connectivity index (χ2n) is 5.19. The van der Waals surface area contributed by atoms with Gasteiger partial charge in [-0.3, -0.25) is 4.79 Å². The zero-order valence-electron chi connectivity index (χ0n) is 12.6. The molecule has 0 saturated heterocycles. The number of amides is 1. The molecule has 0 fully saturated rings. The molecule has 2 heterocycles. The molecule has 2 aromatic heterocycles. The fraction of sp³-hybridized carbons (Fsp3) is 0.111. The average molecular weight is 305 g/mol. The Balaban J connectivity index is 1.75. The standard InChI is InChI=1S/C18H15N3O2/c1-12-2-5-16(23-12)11-21-18(22)15(10-19)8-13-3-4-14-6-7-20-17(14)9-13/h2-9,20H,11H2,1H3,(H,21,22). The van der Waals surface area contributed by atoms with E-state index >= 15 is 0 Å². The van der Waals surface area contributed by atoms with Crippen LogP contribution in [-0.2, 0) is 11.3 Å². The van der Waals surface area contributed by atoms with Crippen molar-refractivity contribution in [3.63, 3.8) is 0 Å². The Labute approximate surface area is 133 Å². The fourth-order valence-corrected chi connectivity index (χ4v) is 2.31. The van der Waals surface area contributed by atoms with Gasteiger partial charge < -0.3 is 14.7 Å². The van der Waals surface area contributed by atoms with Crippen molar-refractivity contribution < 1.29 is 9.21 Å². The number of carbonyl (C=O) groups excluding carboxylic acids is 1. The van der Waals surface area contributed by atoms with Crippen molar-refractivity contribution >= 4 is 22.9 Å². The summed E-state index contributed by atoms with van der Waals surface area (Å²) >= 11 is 0. The van der Waals surface area contributed by atoms with Gasteiger partial charge in [-0.1, -0.05) is 12.1 Å². The highest BCUT2D eigenvalue weighted by Crippen LogP contribution is 2.16. The maximum absolute atomic E-state index is 12.1. The molecule has 0 aliphatic rings. The maximum atomic E-state index is 12.1. The Morgan fingerprint density at radius 1 is 1.35 bits per heavy atom. The van der Waals surface area contributed by atoms with Crippen LogP contribution in [0.2, 0.25) is 0 Å². The lowest BCUT2D eigenvalue weighted by Crippen LogP contribution is -2.23. The molecule has 0 bridgehead atoms. The summed E-state index contributed by atoms with van der Waals surface area (Å²) in [6.45, 7) is 2.09. The molecule has 3 aromatic rings. The van der Waals surface area contributed by atoms with Gasteiger partial charge in [-0.15, -0.1) is 0 Å². The lowest BCUT2D eigenvalue weighted by molar-refractivity contribution is -0.117. The van der Waals surface area contributed by atoms with Crippen LogP contribution < -0.4 is 5.32 Å². The molecular formula is C18H15N3O2. The third-order valence-corrected chi connectivity index (χ3v) is 3.47. The van der Waals surface area contributed by atoms with Gasteiger partial charge in [0.25, 0.3) is 5.91 Å². The minimum Gasteiger partial charge on any atom is -0.465 e. The van der Waals surface area contributed by atoms with Crippen molar-refractivity contribution in [3.8, 4) is 6.07 Å². The van der Waals surface area contributed by atoms with E-state index in [-0.39, 0.29) is 12.1 Å². The molecule has 0 aliphatic heterocycles. The van der Waals surface area contributed by atoms with Gasteiger partial charge >= 0.3 is 0 Å². The molecule has 0 aliphatic carbocycles. The summed E-state index contributed by atoms with van der Waals surface area (Å²) in [6, 6.07) is 13.2. The van der Waals surface area contributed by atoms with Crippen molar-refractivity contribution in [2.45, 2.75) is 13.5 Å². The zero-order chi connectivity index (χ0) is 16.2. The molecule has 0 spiro atoms. The van der Waals surface area contributed by atoms with Crippen LogP contribution in [0.1, 0.15) is 17.1 Å². The molecular weight excluding hydrogens is 290 g/mol. The fourth-order valence-electron chi connectivity index (χ4n) is 2.31. The molecule has 0 saturated carbocycles. The first-order valence-electron chi connectivity index (χ1n) is 7.18. The Hall–Kier alpha value is -3.26. The van der Waals surface area contributed by atoms with Gasteiger partial charge in [0.2, 0.25) is 0 Å². The van der Waals surface area contributed by atoms with E-state index in [9.17, 15) is 10.1 Å². The number of rotatable bonds is 4. The van der Waals surface area contributed by atoms with Gasteiger partial charge in [-0.2, -0.15) is 5.26 Å². The van der Waals surface area contributed by atoms with Crippen molar-refractivity contribution in [2.75, 3.05) is 0 Å². The summed E-state index contributed by atoms with van der Waals surface area (Å²) in [6.07, 6.45) is 3.42. The van der Waals surface area contributed by atoms with Crippen molar-refractivity contribution in [2.24, 2.45) is 0 Å². The Morgan fingerprint density at radius 3 is 2.96 bits per heavy atom. The van der Waals surface area contributed by atoms with E-state index < -0.39 is 5.91 Å². The number of H-pyrrole nitrogens is 1. The summed E-state index contributed by atoms with van der Waals surface area (Å²) in [5.41, 5.74) is 1.81. The summed E-state index contributed by atoms with van der Waals surface area (Å²) in [7, 11) is 0. The number of nitriles is 1. The number of aromatic amines is 1. The van der Waals surface area contributed by atoms with Crippen LogP contribution in [0.15, 0.2) is 52.6 Å². The number of fused-ring (bicyclic) bond motifs is 1. The third kappa shape index (κ3) is 3.33. The number of furan rings is 1. The minimum absolute atomic E-state index is 0.0548. The van der Waals surface area contributed by atoms with Crippen LogP contribution in [0.4, 0.5) is 0 Å². The van der Waals surface area contributed by atoms with Crippen LogP contribution >= 0.6 is 0 Å². The molecule has 0 atom stereocenters. The highest BCUT2D eigenvalue weighted by Gasteiger charge is 2.10. The van der Waals surface area contributed by atoms with Crippen molar-refractivity contribution in [3.05, 3.63) is 65.3 Å². The van der Waals surface area contributed by atoms with E-state index in [1.54, 1.807) is 12.1 Å². The number of nitrogens with one attached hydrogen (secondary N) is 2. The molecule has 23 heavy (non-hydrogen) atoms. The molecule has 0 radical (unpaired) electrons. The van der Waals surface area contributed by atoms with Gasteiger partial charge in [-0.05, 0) is 48.2 Å². The first-order valence-corrected chi connectivity index (χ1v) is 7.18. The highest BCUT2D eigenvalue weighted by molar-refractivity contribution is 6.02. The molecule has 3 rings (SSSR count). The number of benzene rings is 1. The largest absolute Gasteiger partial charge is 0.465 e. The number of hydrogen-bond donors (Lipinski definition) is 2. The van der Waals surface area contributed by atoms with Crippen LogP contribution in [0.5, 0.6) is 0 Å². The maximum Gasteiger partial charge on any atom is 0.262 e. The van der Waals surface area contributed by atoms with E-state index in [1.165, 1.54) is 0 Å². The molecule has 114 valence electrons. The Morgan fingerprint density at radius 2 is 2.22 bits per heavy atom. The van der Waals surface area contributed by atoms with E-state index in [2.05, 4.69) is 10.3 Å². The van der Waals surface area contributed by atoms with Crippen LogP contribution in [0.3, 0.4) is 0 Å². The normalized spacial score (nSPS) is 11.4. The molecule has 5 heteroatoms. The zero-order valence-corrected chi connectivity index (χ0v) is 12.6. The van der Waals surface area contributed by atoms with E-state index in [0.29, 0.717) is 5.76 Å². The smallest absolute Gasteiger partial charge is 0.262 e. The lowest BCUT2D eigenvalue weighted by atomic mass is 10.1. The monoisotopic (exact) mass is 305 g/mol. The van der Waals surface area contributed by atoms with Gasteiger partial charge in [0, 0.05) is 11.7 Å². The summed E-state index contributed by atoms with van der Waals surface area (Å²) < 4.78 is 5.38. The van der Waals surface area contributed by atoms with E-state index in [4.69, 9.17) is 4.42 Å². The van der Waals surface area contributed by atoms with Gasteiger partial charge in [0.05, 0.1) is 6.54 Å². The number of nitrogens with zero attached hydrogens (tertiary/aromatic N) is 1. The quantitative estimate of drug-likeness (QED) is 0.573. The minimum atomic E-state index is -0.423. The van der Waals surface area contributed by atoms with Gasteiger partial charge in [-0.25, -0.2) is 0 Å². The third-order valence-electron chi connectivity index (χ3n) is 3.47. The molecule has 5 nitrogen and oxygen atoms in total. The van der Waals surface area contributed by atoms with Crippen LogP contribution in [0, 0.1) is 18.3 Å². The number of aromatic nitrogens is 1. The van der Waals surface area contributed by atoms with Crippen molar-refractivity contribution in [1.82, 2.24) is 10.3 Å². The average Bonchev–Trinajstić information content (AvgIpc) is 3.18. The summed E-state index contributed by atoms with van der Waals surface area (Å²) in [4.78, 5) is 15.2. The lowest BCUT2D eigenvalue weighted by Gasteiger charge is -2.02. The second-order valence-corrected chi connectivity index (χ2v) is 5.19. The van der Waals surface area contributed by atoms with E-state index in [1.807, 2.05) is 49.5 Å². The molecule has 0 unspecified atom stereocenters. The summed E-state index contributed by atoms with van der Waals surface area (Å²) in [5, 5.41) is 13.0. The highest BCUT2D eigenvalue weighted by atomic mass is 16.3. The second kappa shape index (κ2) is 6.24. The molecule has 1 aromatic carbocycles. The molecule has 2 N–H and O–H groups in total. The molecule has 1 amide bonds. The topological polar surface area (TPSA) is 81.8 Å². The Bertz CT molecular complexity index is 925. The summed E-state index contributed by atoms with van der Waals surface area (Å²) in [5.74, 6) is 1.01. The predicted molar refractivity (Wildman–Crippen MR) is 87.2 cm³/mol. The number of hydrogen-bond acceptors (Lipinski definition) is 3. The van der Waals surface area contributed by atoms with Crippen molar-refractivity contribution in [1.29, 1.82) is 5.26 Å². The van der Waals surface area contributed by atoms with Crippen LogP contribution in [0.25, 0.3) is 17.0 Å². The van der Waals surface area contributed by atoms with Gasteiger partial charge in [0.15, 0.2) is 0 Å². The Kier molecular flexibility index (Phi) is 3.98. The number of carbonyl (C=O) groups is 1. The first kappa shape index (κ1) is 14.7. The number of aryl methyl sites for hydroxylation is 1. The van der Waals surface area contributed by atoms with E-state index in [0.717, 1.165) is 22.2 Å². The van der Waals surface area contributed by atoms with Gasteiger partial charge in [0.1, 0.15) is 23.2 Å².